The molecule has 3 aromatic rings. The number of hydrogen-bond acceptors (Lipinski definition) is 7. The fourth-order valence-electron chi connectivity index (χ4n) is 2.43. The molecule has 5 N–H and O–H groups in total. The van der Waals surface area contributed by atoms with Gasteiger partial charge in [0.25, 0.3) is 5.96 Å². The third kappa shape index (κ3) is 8.66. The number of guanidine groups is 1. The van der Waals surface area contributed by atoms with Gasteiger partial charge < -0.3 is 15.3 Å². The second-order valence-corrected chi connectivity index (χ2v) is 7.85. The fraction of sp³-hybridized carbons (Fsp3) is 0. The van der Waals surface area contributed by atoms with Crippen LogP contribution in [0.4, 0.5) is 0 Å². The summed E-state index contributed by atoms with van der Waals surface area (Å²) in [6.07, 6.45) is 3.92. The molecule has 0 aliphatic rings. The largest absolute Gasteiger partial charge is 0.507 e. The standard InChI is InChI=1S/C22H17Cl3N6O3.ClH/c23-16-1-4-19(32)13(7-16)10-26-29-22(30-27-11-14-8-17(24)2-5-20(14)33)31-28-12-15-9-18(25)3-6-21(15)34;/h1-12,32-34H,(H2,29,30,31);1H. The number of hydrogen-bond donors (Lipinski definition) is 5. The zero-order valence-electron chi connectivity index (χ0n) is 17.6. The van der Waals surface area contributed by atoms with Crippen LogP contribution in [0.2, 0.25) is 15.1 Å². The minimum atomic E-state index is -0.0340. The molecule has 0 amide bonds. The number of nitrogens with zero attached hydrogens (tertiary/aromatic N) is 4. The lowest BCUT2D eigenvalue weighted by Gasteiger charge is -2.04. The first kappa shape index (κ1) is 27.7. The van der Waals surface area contributed by atoms with E-state index in [2.05, 4.69) is 31.3 Å². The highest BCUT2D eigenvalue weighted by Crippen LogP contribution is 2.21. The van der Waals surface area contributed by atoms with E-state index in [1.807, 2.05) is 0 Å². The van der Waals surface area contributed by atoms with Gasteiger partial charge in [-0.05, 0) is 54.6 Å². The summed E-state index contributed by atoms with van der Waals surface area (Å²) in [5.74, 6) is -0.112. The maximum absolute atomic E-state index is 9.89. The van der Waals surface area contributed by atoms with Crippen molar-refractivity contribution in [3.05, 3.63) is 86.4 Å². The van der Waals surface area contributed by atoms with Crippen molar-refractivity contribution in [2.75, 3.05) is 0 Å². The molecular formula is C22H18Cl4N6O3. The first-order chi connectivity index (χ1) is 16.3. The van der Waals surface area contributed by atoms with E-state index in [4.69, 9.17) is 34.8 Å². The number of halogens is 4. The van der Waals surface area contributed by atoms with Crippen molar-refractivity contribution in [1.82, 2.24) is 10.9 Å². The van der Waals surface area contributed by atoms with E-state index in [-0.39, 0.29) is 35.6 Å². The van der Waals surface area contributed by atoms with Crippen molar-refractivity contribution in [2.24, 2.45) is 20.4 Å². The van der Waals surface area contributed by atoms with Crippen LogP contribution in [-0.2, 0) is 0 Å². The van der Waals surface area contributed by atoms with Crippen molar-refractivity contribution < 1.29 is 15.3 Å². The van der Waals surface area contributed by atoms with E-state index in [9.17, 15) is 15.3 Å². The molecule has 0 aliphatic carbocycles. The molecule has 0 saturated heterocycles. The highest BCUT2D eigenvalue weighted by molar-refractivity contribution is 6.31. The third-order valence-electron chi connectivity index (χ3n) is 4.07. The number of rotatable bonds is 6. The molecular weight excluding hydrogens is 538 g/mol. The van der Waals surface area contributed by atoms with Gasteiger partial charge in [-0.15, -0.1) is 17.5 Å². The summed E-state index contributed by atoms with van der Waals surface area (Å²) in [5.41, 5.74) is 6.24. The van der Waals surface area contributed by atoms with E-state index >= 15 is 0 Å². The molecule has 0 saturated carbocycles. The van der Waals surface area contributed by atoms with Gasteiger partial charge in [0.05, 0.1) is 18.6 Å². The molecule has 9 nitrogen and oxygen atoms in total. The molecule has 0 bridgehead atoms. The highest BCUT2D eigenvalue weighted by Gasteiger charge is 2.02. The van der Waals surface area contributed by atoms with Gasteiger partial charge in [0.2, 0.25) is 0 Å². The first-order valence-electron chi connectivity index (χ1n) is 9.46. The second kappa shape index (κ2) is 13.4. The molecule has 0 atom stereocenters. The molecule has 0 heterocycles. The topological polar surface area (TPSA) is 134 Å². The maximum atomic E-state index is 9.89. The van der Waals surface area contributed by atoms with Gasteiger partial charge >= 0.3 is 0 Å². The van der Waals surface area contributed by atoms with E-state index < -0.39 is 0 Å². The number of phenolic OH excluding ortho intramolecular Hbond substituents is 3. The van der Waals surface area contributed by atoms with E-state index in [0.29, 0.717) is 31.8 Å². The Morgan fingerprint density at radius 1 is 0.629 bits per heavy atom. The van der Waals surface area contributed by atoms with E-state index in [1.54, 1.807) is 0 Å². The molecule has 0 radical (unpaired) electrons. The molecule has 182 valence electrons. The Hall–Kier alpha value is -3.50. The number of benzene rings is 3. The summed E-state index contributed by atoms with van der Waals surface area (Å²) in [6, 6.07) is 13.4. The van der Waals surface area contributed by atoms with Gasteiger partial charge in [0.1, 0.15) is 17.2 Å². The van der Waals surface area contributed by atoms with Crippen molar-refractivity contribution in [3.8, 4) is 17.2 Å². The molecule has 0 fully saturated rings. The van der Waals surface area contributed by atoms with Crippen LogP contribution in [0.3, 0.4) is 0 Å². The summed E-state index contributed by atoms with van der Waals surface area (Å²) in [5, 5.41) is 46.7. The quantitative estimate of drug-likeness (QED) is 0.163. The molecule has 0 spiro atoms. The molecule has 13 heteroatoms. The fourth-order valence-corrected chi connectivity index (χ4v) is 2.97. The van der Waals surface area contributed by atoms with Crippen LogP contribution in [0.15, 0.2) is 75.0 Å². The minimum Gasteiger partial charge on any atom is -0.507 e. The lowest BCUT2D eigenvalue weighted by Crippen LogP contribution is -2.30. The second-order valence-electron chi connectivity index (χ2n) is 6.54. The number of hydrazone groups is 2. The minimum absolute atomic E-state index is 0. The molecule has 3 aromatic carbocycles. The normalized spacial score (nSPS) is 11.1. The summed E-state index contributed by atoms with van der Waals surface area (Å²) in [4.78, 5) is 0. The Morgan fingerprint density at radius 3 is 1.40 bits per heavy atom. The maximum Gasteiger partial charge on any atom is 0.257 e. The molecule has 0 aliphatic heterocycles. The van der Waals surface area contributed by atoms with Crippen molar-refractivity contribution in [2.45, 2.75) is 0 Å². The van der Waals surface area contributed by atoms with E-state index in [1.165, 1.54) is 73.2 Å². The zero-order valence-corrected chi connectivity index (χ0v) is 20.7. The smallest absolute Gasteiger partial charge is 0.257 e. The van der Waals surface area contributed by atoms with Crippen LogP contribution in [0.1, 0.15) is 16.7 Å². The Morgan fingerprint density at radius 2 is 1.00 bits per heavy atom. The van der Waals surface area contributed by atoms with Crippen LogP contribution in [0, 0.1) is 0 Å². The Labute approximate surface area is 221 Å². The van der Waals surface area contributed by atoms with Crippen molar-refractivity contribution in [1.29, 1.82) is 0 Å². The summed E-state index contributed by atoms with van der Waals surface area (Å²) in [7, 11) is 0. The lowest BCUT2D eigenvalue weighted by molar-refractivity contribution is 0.474. The lowest BCUT2D eigenvalue weighted by atomic mass is 10.2. The van der Waals surface area contributed by atoms with Gasteiger partial charge in [-0.2, -0.15) is 15.3 Å². The Kier molecular flexibility index (Phi) is 10.6. The van der Waals surface area contributed by atoms with Crippen LogP contribution in [0.25, 0.3) is 0 Å². The number of aromatic hydroxyl groups is 3. The predicted molar refractivity (Wildman–Crippen MR) is 143 cm³/mol. The predicted octanol–water partition coefficient (Wildman–Crippen LogP) is 5.12. The zero-order chi connectivity index (χ0) is 24.5. The van der Waals surface area contributed by atoms with Crippen molar-refractivity contribution >= 4 is 71.8 Å². The average molecular weight is 556 g/mol. The van der Waals surface area contributed by atoms with Gasteiger partial charge in [-0.3, -0.25) is 0 Å². The summed E-state index contributed by atoms with van der Waals surface area (Å²) >= 11 is 17.8. The SMILES string of the molecule is Cl.Oc1ccc(Cl)cc1C=NN=C(NN=Cc1cc(Cl)ccc1O)NN=Cc1cc(Cl)ccc1O. The van der Waals surface area contributed by atoms with Crippen LogP contribution >= 0.6 is 47.2 Å². The molecule has 3 rings (SSSR count). The monoisotopic (exact) mass is 554 g/mol. The van der Waals surface area contributed by atoms with Crippen LogP contribution in [0.5, 0.6) is 17.2 Å². The Balaban J connectivity index is 0.00000432. The summed E-state index contributed by atoms with van der Waals surface area (Å²) < 4.78 is 0. The van der Waals surface area contributed by atoms with Crippen LogP contribution in [-0.4, -0.2) is 39.9 Å². The number of nitrogens with one attached hydrogen (secondary N) is 2. The van der Waals surface area contributed by atoms with Crippen LogP contribution < -0.4 is 10.9 Å². The number of phenols is 3. The molecule has 0 unspecified atom stereocenters. The highest BCUT2D eigenvalue weighted by atomic mass is 35.5. The molecule has 0 aromatic heterocycles. The summed E-state index contributed by atoms with van der Waals surface area (Å²) in [6.45, 7) is 0. The average Bonchev–Trinajstić information content (AvgIpc) is 2.80. The van der Waals surface area contributed by atoms with Crippen molar-refractivity contribution in [3.63, 3.8) is 0 Å². The Bertz CT molecular complexity index is 1230. The van der Waals surface area contributed by atoms with E-state index in [0.717, 1.165) is 0 Å². The van der Waals surface area contributed by atoms with Gasteiger partial charge in [-0.25, -0.2) is 10.9 Å². The van der Waals surface area contributed by atoms with Gasteiger partial charge in [0.15, 0.2) is 0 Å². The molecule has 35 heavy (non-hydrogen) atoms. The van der Waals surface area contributed by atoms with Gasteiger partial charge in [0, 0.05) is 31.8 Å². The first-order valence-corrected chi connectivity index (χ1v) is 10.6. The van der Waals surface area contributed by atoms with Gasteiger partial charge in [-0.1, -0.05) is 34.8 Å². The third-order valence-corrected chi connectivity index (χ3v) is 4.78.